The van der Waals surface area contributed by atoms with Gasteiger partial charge in [0.15, 0.2) is 0 Å². The zero-order valence-electron chi connectivity index (χ0n) is 11.4. The van der Waals surface area contributed by atoms with Crippen LogP contribution < -0.4 is 0 Å². The van der Waals surface area contributed by atoms with Crippen molar-refractivity contribution >= 4 is 12.4 Å². The summed E-state index contributed by atoms with van der Waals surface area (Å²) in [6.45, 7) is 10.4. The molecule has 2 atom stereocenters. The molecule has 0 bridgehead atoms. The fourth-order valence-electron chi connectivity index (χ4n) is 1.33. The molecule has 0 aromatic heterocycles. The molecule has 99 valence electrons. The Bertz CT molecular complexity index is 250. The predicted octanol–water partition coefficient (Wildman–Crippen LogP) is 2.61. The van der Waals surface area contributed by atoms with Crippen molar-refractivity contribution in [1.29, 1.82) is 0 Å². The lowest BCUT2D eigenvalue weighted by molar-refractivity contribution is -0.171. The van der Waals surface area contributed by atoms with E-state index in [9.17, 15) is 9.59 Å². The van der Waals surface area contributed by atoms with E-state index in [0.717, 1.165) is 19.3 Å². The van der Waals surface area contributed by atoms with Gasteiger partial charge in [-0.2, -0.15) is 0 Å². The van der Waals surface area contributed by atoms with Gasteiger partial charge >= 0.3 is 12.4 Å². The highest BCUT2D eigenvalue weighted by Gasteiger charge is 2.41. The van der Waals surface area contributed by atoms with Crippen LogP contribution in [0.15, 0.2) is 0 Å². The fourth-order valence-corrected chi connectivity index (χ4v) is 1.33. The second-order valence-electron chi connectivity index (χ2n) is 4.81. The van der Waals surface area contributed by atoms with Gasteiger partial charge in [0, 0.05) is 5.92 Å². The molecule has 0 amide bonds. The molecule has 4 nitrogen and oxygen atoms in total. The van der Waals surface area contributed by atoms with Crippen molar-refractivity contribution in [3.05, 3.63) is 0 Å². The highest BCUT2D eigenvalue weighted by atomic mass is 16.6. The van der Waals surface area contributed by atoms with Gasteiger partial charge in [-0.1, -0.05) is 33.6 Å². The molecule has 17 heavy (non-hydrogen) atoms. The molecule has 2 unspecified atom stereocenters. The number of carbonyl (C=O) groups excluding carboxylic acids is 2. The minimum Gasteiger partial charge on any atom is -0.460 e. The molecule has 0 aliphatic heterocycles. The van der Waals surface area contributed by atoms with E-state index < -0.39 is 11.6 Å². The van der Waals surface area contributed by atoms with Crippen LogP contribution in [0.25, 0.3) is 0 Å². The zero-order valence-corrected chi connectivity index (χ0v) is 11.4. The van der Waals surface area contributed by atoms with Crippen LogP contribution in [-0.4, -0.2) is 24.1 Å². The van der Waals surface area contributed by atoms with Gasteiger partial charge in [-0.15, -0.1) is 0 Å². The Morgan fingerprint density at radius 3 is 2.35 bits per heavy atom. The van der Waals surface area contributed by atoms with Crippen molar-refractivity contribution in [3.8, 4) is 0 Å². The second-order valence-corrected chi connectivity index (χ2v) is 4.81. The standard InChI is InChI=1S/C13H23O4/c1-6-7-8-11(4)17-12(15)13(5,10(2)3)16-9-14/h10-11H,6-8H2,1-5H3. The first-order valence-corrected chi connectivity index (χ1v) is 6.14. The van der Waals surface area contributed by atoms with Crippen LogP contribution in [0, 0.1) is 5.92 Å². The topological polar surface area (TPSA) is 52.6 Å². The molecule has 1 radical (unpaired) electrons. The Hall–Kier alpha value is -1.06. The van der Waals surface area contributed by atoms with E-state index in [1.54, 1.807) is 20.8 Å². The van der Waals surface area contributed by atoms with Crippen LogP contribution in [-0.2, 0) is 19.1 Å². The summed E-state index contributed by atoms with van der Waals surface area (Å²) in [5, 5.41) is 0. The molecule has 0 aromatic carbocycles. The van der Waals surface area contributed by atoms with Crippen molar-refractivity contribution < 1.29 is 19.1 Å². The Labute approximate surface area is 104 Å². The van der Waals surface area contributed by atoms with Crippen LogP contribution in [0.3, 0.4) is 0 Å². The second kappa shape index (κ2) is 7.30. The highest BCUT2D eigenvalue weighted by Crippen LogP contribution is 2.23. The van der Waals surface area contributed by atoms with E-state index in [0.29, 0.717) is 0 Å². The molecule has 0 spiro atoms. The summed E-state index contributed by atoms with van der Waals surface area (Å²) in [7, 11) is 0. The van der Waals surface area contributed by atoms with Crippen molar-refractivity contribution in [2.75, 3.05) is 0 Å². The average molecular weight is 243 g/mol. The van der Waals surface area contributed by atoms with Gasteiger partial charge in [-0.25, -0.2) is 9.59 Å². The van der Waals surface area contributed by atoms with E-state index in [1.807, 2.05) is 6.92 Å². The number of ether oxygens (including phenoxy) is 2. The molecule has 0 heterocycles. The van der Waals surface area contributed by atoms with E-state index in [1.165, 1.54) is 6.47 Å². The zero-order chi connectivity index (χ0) is 13.5. The van der Waals surface area contributed by atoms with Gasteiger partial charge in [0.25, 0.3) is 0 Å². The summed E-state index contributed by atoms with van der Waals surface area (Å²) in [6, 6.07) is 0. The van der Waals surface area contributed by atoms with Crippen LogP contribution in [0.2, 0.25) is 0 Å². The lowest BCUT2D eigenvalue weighted by Crippen LogP contribution is -2.45. The molecule has 0 saturated heterocycles. The Balaban J connectivity index is 4.48. The van der Waals surface area contributed by atoms with Gasteiger partial charge in [-0.05, 0) is 20.3 Å². The van der Waals surface area contributed by atoms with Crippen LogP contribution in [0.4, 0.5) is 0 Å². The SMILES string of the molecule is CCCCC(C)OC(=O)C(C)(O[C]=O)C(C)C. The van der Waals surface area contributed by atoms with Crippen molar-refractivity contribution in [3.63, 3.8) is 0 Å². The number of carbonyl (C=O) groups is 1. The summed E-state index contributed by atoms with van der Waals surface area (Å²) in [6.07, 6.45) is 2.73. The molecule has 0 aromatic rings. The summed E-state index contributed by atoms with van der Waals surface area (Å²) in [5.41, 5.74) is -1.25. The summed E-state index contributed by atoms with van der Waals surface area (Å²) in [5.74, 6) is -0.658. The van der Waals surface area contributed by atoms with Gasteiger partial charge in [-0.3, -0.25) is 0 Å². The molecular formula is C13H23O4. The molecule has 4 heteroatoms. The van der Waals surface area contributed by atoms with E-state index in [4.69, 9.17) is 9.47 Å². The van der Waals surface area contributed by atoms with E-state index >= 15 is 0 Å². The Kier molecular flexibility index (Phi) is 6.85. The minimum atomic E-state index is -1.25. The maximum atomic E-state index is 11.9. The molecular weight excluding hydrogens is 220 g/mol. The minimum absolute atomic E-state index is 0.157. The number of unbranched alkanes of at least 4 members (excludes halogenated alkanes) is 1. The van der Waals surface area contributed by atoms with Crippen molar-refractivity contribution in [1.82, 2.24) is 0 Å². The van der Waals surface area contributed by atoms with Crippen molar-refractivity contribution in [2.24, 2.45) is 5.92 Å². The largest absolute Gasteiger partial charge is 0.460 e. The number of hydrogen-bond acceptors (Lipinski definition) is 4. The first-order chi connectivity index (χ1) is 7.88. The normalized spacial score (nSPS) is 16.1. The molecule has 0 saturated carbocycles. The quantitative estimate of drug-likeness (QED) is 0.615. The third-order valence-electron chi connectivity index (χ3n) is 3.03. The van der Waals surface area contributed by atoms with E-state index in [2.05, 4.69) is 6.92 Å². The first-order valence-electron chi connectivity index (χ1n) is 6.14. The highest BCUT2D eigenvalue weighted by molar-refractivity contribution is 5.80. The van der Waals surface area contributed by atoms with Crippen LogP contribution in [0.1, 0.15) is 53.9 Å². The molecule has 0 aliphatic carbocycles. The van der Waals surface area contributed by atoms with E-state index in [-0.39, 0.29) is 12.0 Å². The van der Waals surface area contributed by atoms with Crippen LogP contribution >= 0.6 is 0 Å². The summed E-state index contributed by atoms with van der Waals surface area (Å²) >= 11 is 0. The van der Waals surface area contributed by atoms with Crippen molar-refractivity contribution in [2.45, 2.75) is 65.6 Å². The lowest BCUT2D eigenvalue weighted by atomic mass is 9.92. The van der Waals surface area contributed by atoms with Crippen LogP contribution in [0.5, 0.6) is 0 Å². The smallest absolute Gasteiger partial charge is 0.418 e. The predicted molar refractivity (Wildman–Crippen MR) is 65.1 cm³/mol. The summed E-state index contributed by atoms with van der Waals surface area (Å²) in [4.78, 5) is 22.3. The third-order valence-corrected chi connectivity index (χ3v) is 3.03. The number of rotatable bonds is 8. The summed E-state index contributed by atoms with van der Waals surface area (Å²) < 4.78 is 10.1. The van der Waals surface area contributed by atoms with Gasteiger partial charge < -0.3 is 9.47 Å². The monoisotopic (exact) mass is 243 g/mol. The maximum absolute atomic E-state index is 11.9. The van der Waals surface area contributed by atoms with Gasteiger partial charge in [0.1, 0.15) is 0 Å². The Morgan fingerprint density at radius 2 is 1.94 bits per heavy atom. The van der Waals surface area contributed by atoms with Gasteiger partial charge in [0.05, 0.1) is 6.10 Å². The molecule has 0 fully saturated rings. The first kappa shape index (κ1) is 15.9. The Morgan fingerprint density at radius 1 is 1.35 bits per heavy atom. The average Bonchev–Trinajstić information content (AvgIpc) is 2.26. The number of hydrogen-bond donors (Lipinski definition) is 0. The van der Waals surface area contributed by atoms with Gasteiger partial charge in [0.2, 0.25) is 5.60 Å². The number of esters is 1. The third kappa shape index (κ3) is 4.75. The molecule has 0 rings (SSSR count). The molecule has 0 N–H and O–H groups in total. The maximum Gasteiger partial charge on any atom is 0.418 e. The fraction of sp³-hybridized carbons (Fsp3) is 0.846. The lowest BCUT2D eigenvalue weighted by Gasteiger charge is -2.30. The molecule has 0 aliphatic rings.